The number of hydrogen-bond acceptors (Lipinski definition) is 5. The third kappa shape index (κ3) is 4.34. The number of fused-ring (bicyclic) bond motifs is 4. The molecule has 0 aliphatic heterocycles. The smallest absolute Gasteiger partial charge is 0.164 e. The number of nitrogens with zero attached hydrogens (tertiary/aromatic N) is 5. The molecule has 0 aliphatic carbocycles. The molecule has 5 heteroatoms. The van der Waals surface area contributed by atoms with E-state index in [1.807, 2.05) is 72.9 Å². The minimum absolute atomic E-state index is 0.636. The second-order valence-electron chi connectivity index (χ2n) is 10.2. The monoisotopic (exact) mass is 537 g/mol. The van der Waals surface area contributed by atoms with Crippen LogP contribution in [-0.2, 0) is 0 Å². The summed E-state index contributed by atoms with van der Waals surface area (Å²) in [5, 5.41) is 3.25. The Bertz CT molecular complexity index is 2190. The summed E-state index contributed by atoms with van der Waals surface area (Å²) in [5.41, 5.74) is 7.81. The Labute approximate surface area is 242 Å². The standard InChI is InChI=1S/C37H23N5/c1-3-9-25(10-4-1)35-40-36(26-11-5-2-6-12-26)42-37(41-35)30-14-7-13-27(21-30)28-18-19-32-31(22-28)23-29-17-16-24-15-8-20-38-33(24)34(29)39-32/h1-23H. The number of aromatic nitrogens is 5. The van der Waals surface area contributed by atoms with E-state index in [2.05, 4.69) is 71.7 Å². The van der Waals surface area contributed by atoms with Crippen LogP contribution in [0.2, 0.25) is 0 Å². The molecule has 0 saturated carbocycles. The predicted molar refractivity (Wildman–Crippen MR) is 170 cm³/mol. The highest BCUT2D eigenvalue weighted by atomic mass is 15.0. The van der Waals surface area contributed by atoms with Gasteiger partial charge < -0.3 is 0 Å². The van der Waals surface area contributed by atoms with Crippen LogP contribution in [0.25, 0.3) is 78.0 Å². The van der Waals surface area contributed by atoms with Gasteiger partial charge in [0.15, 0.2) is 17.5 Å². The Morgan fingerprint density at radius 1 is 0.333 bits per heavy atom. The first-order chi connectivity index (χ1) is 20.8. The fraction of sp³-hybridized carbons (Fsp3) is 0. The molecule has 3 aromatic heterocycles. The van der Waals surface area contributed by atoms with Crippen molar-refractivity contribution in [2.45, 2.75) is 0 Å². The van der Waals surface area contributed by atoms with Crippen LogP contribution >= 0.6 is 0 Å². The maximum absolute atomic E-state index is 4.99. The van der Waals surface area contributed by atoms with Gasteiger partial charge in [-0.05, 0) is 41.5 Å². The van der Waals surface area contributed by atoms with Crippen molar-refractivity contribution in [3.05, 3.63) is 140 Å². The lowest BCUT2D eigenvalue weighted by atomic mass is 10.00. The van der Waals surface area contributed by atoms with Crippen molar-refractivity contribution in [3.63, 3.8) is 0 Å². The summed E-state index contributed by atoms with van der Waals surface area (Å²) in [6.07, 6.45) is 1.82. The van der Waals surface area contributed by atoms with Gasteiger partial charge in [-0.15, -0.1) is 0 Å². The van der Waals surface area contributed by atoms with E-state index in [1.54, 1.807) is 0 Å². The lowest BCUT2D eigenvalue weighted by molar-refractivity contribution is 1.07. The summed E-state index contributed by atoms with van der Waals surface area (Å²) >= 11 is 0. The van der Waals surface area contributed by atoms with Gasteiger partial charge in [0.05, 0.1) is 16.6 Å². The number of hydrogen-bond donors (Lipinski definition) is 0. The van der Waals surface area contributed by atoms with Gasteiger partial charge >= 0.3 is 0 Å². The Morgan fingerprint density at radius 2 is 0.952 bits per heavy atom. The molecular weight excluding hydrogens is 514 g/mol. The van der Waals surface area contributed by atoms with Crippen LogP contribution in [0.3, 0.4) is 0 Å². The number of pyridine rings is 2. The molecule has 8 aromatic rings. The fourth-order valence-corrected chi connectivity index (χ4v) is 5.39. The average Bonchev–Trinajstić information content (AvgIpc) is 3.08. The molecule has 0 spiro atoms. The van der Waals surface area contributed by atoms with E-state index < -0.39 is 0 Å². The summed E-state index contributed by atoms with van der Waals surface area (Å²) in [6, 6.07) is 45.3. The molecular formula is C37H23N5. The fourth-order valence-electron chi connectivity index (χ4n) is 5.39. The summed E-state index contributed by atoms with van der Waals surface area (Å²) in [5.74, 6) is 1.93. The lowest BCUT2D eigenvalue weighted by Gasteiger charge is -2.10. The summed E-state index contributed by atoms with van der Waals surface area (Å²) in [4.78, 5) is 24.2. The van der Waals surface area contributed by atoms with Crippen molar-refractivity contribution in [1.29, 1.82) is 0 Å². The molecule has 0 atom stereocenters. The molecule has 0 bridgehead atoms. The van der Waals surface area contributed by atoms with Crippen LogP contribution in [0.4, 0.5) is 0 Å². The molecule has 0 fully saturated rings. The van der Waals surface area contributed by atoms with Gasteiger partial charge in [0, 0.05) is 39.0 Å². The SMILES string of the molecule is c1ccc(-c2nc(-c3ccccc3)nc(-c3cccc(-c4ccc5nc6c(ccc7cccnc76)cc5c4)c3)n2)cc1. The van der Waals surface area contributed by atoms with Crippen molar-refractivity contribution in [2.75, 3.05) is 0 Å². The van der Waals surface area contributed by atoms with Crippen molar-refractivity contribution >= 4 is 32.7 Å². The van der Waals surface area contributed by atoms with Crippen molar-refractivity contribution < 1.29 is 0 Å². The van der Waals surface area contributed by atoms with Gasteiger partial charge in [-0.3, -0.25) is 4.98 Å². The third-order valence-corrected chi connectivity index (χ3v) is 7.50. The second-order valence-corrected chi connectivity index (χ2v) is 10.2. The molecule has 0 unspecified atom stereocenters. The molecule has 42 heavy (non-hydrogen) atoms. The molecule has 0 N–H and O–H groups in total. The minimum Gasteiger partial charge on any atom is -0.254 e. The normalized spacial score (nSPS) is 11.3. The van der Waals surface area contributed by atoms with Gasteiger partial charge in [0.2, 0.25) is 0 Å². The zero-order valence-electron chi connectivity index (χ0n) is 22.5. The van der Waals surface area contributed by atoms with E-state index in [-0.39, 0.29) is 0 Å². The first kappa shape index (κ1) is 24.0. The first-order valence-corrected chi connectivity index (χ1v) is 13.8. The van der Waals surface area contributed by atoms with Crippen LogP contribution < -0.4 is 0 Å². The zero-order valence-corrected chi connectivity index (χ0v) is 22.5. The highest BCUT2D eigenvalue weighted by Crippen LogP contribution is 2.31. The zero-order chi connectivity index (χ0) is 27.9. The van der Waals surface area contributed by atoms with Crippen LogP contribution in [-0.4, -0.2) is 24.9 Å². The van der Waals surface area contributed by atoms with Crippen LogP contribution in [0.5, 0.6) is 0 Å². The van der Waals surface area contributed by atoms with Gasteiger partial charge in [0.1, 0.15) is 0 Å². The Hall–Kier alpha value is -5.81. The summed E-state index contributed by atoms with van der Waals surface area (Å²) in [6.45, 7) is 0. The van der Waals surface area contributed by atoms with Crippen molar-refractivity contribution in [3.8, 4) is 45.3 Å². The maximum Gasteiger partial charge on any atom is 0.164 e. The molecule has 0 amide bonds. The lowest BCUT2D eigenvalue weighted by Crippen LogP contribution is -2.00. The van der Waals surface area contributed by atoms with E-state index in [9.17, 15) is 0 Å². The van der Waals surface area contributed by atoms with E-state index >= 15 is 0 Å². The molecule has 5 aromatic carbocycles. The van der Waals surface area contributed by atoms with E-state index in [0.29, 0.717) is 17.5 Å². The van der Waals surface area contributed by atoms with Crippen LogP contribution in [0.15, 0.2) is 140 Å². The van der Waals surface area contributed by atoms with Gasteiger partial charge in [0.25, 0.3) is 0 Å². The van der Waals surface area contributed by atoms with Gasteiger partial charge in [-0.2, -0.15) is 0 Å². The van der Waals surface area contributed by atoms with Crippen molar-refractivity contribution in [2.24, 2.45) is 0 Å². The van der Waals surface area contributed by atoms with Gasteiger partial charge in [-0.25, -0.2) is 19.9 Å². The minimum atomic E-state index is 0.636. The maximum atomic E-state index is 4.99. The molecule has 0 saturated heterocycles. The third-order valence-electron chi connectivity index (χ3n) is 7.50. The highest BCUT2D eigenvalue weighted by molar-refractivity contribution is 6.06. The molecule has 0 aliphatic rings. The average molecular weight is 538 g/mol. The molecule has 8 rings (SSSR count). The summed E-state index contributed by atoms with van der Waals surface area (Å²) in [7, 11) is 0. The predicted octanol–water partition coefficient (Wildman–Crippen LogP) is 8.79. The topological polar surface area (TPSA) is 64.5 Å². The molecule has 0 radical (unpaired) electrons. The molecule has 3 heterocycles. The highest BCUT2D eigenvalue weighted by Gasteiger charge is 2.13. The van der Waals surface area contributed by atoms with E-state index in [0.717, 1.165) is 60.5 Å². The second kappa shape index (κ2) is 9.98. The number of rotatable bonds is 4. The van der Waals surface area contributed by atoms with E-state index in [4.69, 9.17) is 19.9 Å². The Kier molecular flexibility index (Phi) is 5.71. The number of benzene rings is 5. The quantitative estimate of drug-likeness (QED) is 0.166. The first-order valence-electron chi connectivity index (χ1n) is 13.8. The van der Waals surface area contributed by atoms with Crippen molar-refractivity contribution in [1.82, 2.24) is 24.9 Å². The summed E-state index contributed by atoms with van der Waals surface area (Å²) < 4.78 is 0. The van der Waals surface area contributed by atoms with Crippen LogP contribution in [0, 0.1) is 0 Å². The van der Waals surface area contributed by atoms with E-state index in [1.165, 1.54) is 0 Å². The molecule has 196 valence electrons. The van der Waals surface area contributed by atoms with Crippen LogP contribution in [0.1, 0.15) is 0 Å². The Morgan fingerprint density at radius 3 is 1.69 bits per heavy atom. The van der Waals surface area contributed by atoms with Gasteiger partial charge in [-0.1, -0.05) is 103 Å². The molecule has 5 nitrogen and oxygen atoms in total. The largest absolute Gasteiger partial charge is 0.254 e. The Balaban J connectivity index is 1.23.